The molecule has 0 amide bonds. The third-order valence-electron chi connectivity index (χ3n) is 3.51. The first kappa shape index (κ1) is 14.6. The molecule has 0 heterocycles. The van der Waals surface area contributed by atoms with Gasteiger partial charge in [-0.2, -0.15) is 0 Å². The van der Waals surface area contributed by atoms with E-state index in [0.29, 0.717) is 23.4 Å². The summed E-state index contributed by atoms with van der Waals surface area (Å²) in [5, 5.41) is 3.89. The molecule has 19 heavy (non-hydrogen) atoms. The van der Waals surface area contributed by atoms with Gasteiger partial charge < -0.3 is 10.1 Å². The van der Waals surface area contributed by atoms with Crippen molar-refractivity contribution in [3.8, 4) is 5.75 Å². The lowest BCUT2D eigenvalue weighted by atomic mass is 9.95. The summed E-state index contributed by atoms with van der Waals surface area (Å²) in [5.41, 5.74) is 0. The molecule has 1 fully saturated rings. The van der Waals surface area contributed by atoms with Crippen LogP contribution in [-0.4, -0.2) is 19.2 Å². The van der Waals surface area contributed by atoms with E-state index in [0.717, 1.165) is 13.0 Å². The van der Waals surface area contributed by atoms with E-state index in [1.165, 1.54) is 44.2 Å². The maximum Gasteiger partial charge on any atom is 0.138 e. The van der Waals surface area contributed by atoms with Crippen LogP contribution < -0.4 is 10.1 Å². The number of hydrogen-bond donors (Lipinski definition) is 1. The number of benzene rings is 1. The van der Waals surface area contributed by atoms with Crippen LogP contribution in [0.3, 0.4) is 0 Å². The summed E-state index contributed by atoms with van der Waals surface area (Å²) in [4.78, 5) is 0. The van der Waals surface area contributed by atoms with Crippen molar-refractivity contribution < 1.29 is 9.13 Å². The molecule has 0 radical (unpaired) electrons. The Kier molecular flexibility index (Phi) is 5.93. The highest BCUT2D eigenvalue weighted by atomic mass is 35.5. The van der Waals surface area contributed by atoms with Gasteiger partial charge in [-0.3, -0.25) is 0 Å². The topological polar surface area (TPSA) is 21.3 Å². The second-order valence-electron chi connectivity index (χ2n) is 5.07. The first-order chi connectivity index (χ1) is 9.25. The molecular weight excluding hydrogens is 265 g/mol. The number of hydrogen-bond acceptors (Lipinski definition) is 2. The summed E-state index contributed by atoms with van der Waals surface area (Å²) in [6.07, 6.45) is 7.60. The van der Waals surface area contributed by atoms with Crippen molar-refractivity contribution in [3.05, 3.63) is 29.0 Å². The van der Waals surface area contributed by atoms with Gasteiger partial charge >= 0.3 is 0 Å². The highest BCUT2D eigenvalue weighted by Crippen LogP contribution is 2.24. The Hall–Kier alpha value is -0.800. The molecular formula is C15H21ClFNO. The SMILES string of the molecule is Fc1ccc(OCCCNC2CCCCC2)c(Cl)c1. The van der Waals surface area contributed by atoms with Crippen LogP contribution in [0, 0.1) is 5.82 Å². The highest BCUT2D eigenvalue weighted by molar-refractivity contribution is 6.32. The molecule has 2 nitrogen and oxygen atoms in total. The lowest BCUT2D eigenvalue weighted by molar-refractivity contribution is 0.296. The summed E-state index contributed by atoms with van der Waals surface area (Å²) < 4.78 is 18.4. The second-order valence-corrected chi connectivity index (χ2v) is 5.47. The summed E-state index contributed by atoms with van der Waals surface area (Å²) in [7, 11) is 0. The zero-order chi connectivity index (χ0) is 13.5. The summed E-state index contributed by atoms with van der Waals surface area (Å²) in [5.74, 6) is 0.219. The predicted molar refractivity (Wildman–Crippen MR) is 76.4 cm³/mol. The first-order valence-corrected chi connectivity index (χ1v) is 7.45. The van der Waals surface area contributed by atoms with Gasteiger partial charge in [-0.15, -0.1) is 0 Å². The normalized spacial score (nSPS) is 16.5. The largest absolute Gasteiger partial charge is 0.492 e. The number of ether oxygens (including phenoxy) is 1. The van der Waals surface area contributed by atoms with Crippen LogP contribution >= 0.6 is 11.6 Å². The van der Waals surface area contributed by atoms with Crippen molar-refractivity contribution in [2.75, 3.05) is 13.2 Å². The van der Waals surface area contributed by atoms with E-state index in [-0.39, 0.29) is 5.82 Å². The predicted octanol–water partition coefficient (Wildman–Crippen LogP) is 4.17. The van der Waals surface area contributed by atoms with Gasteiger partial charge in [0, 0.05) is 6.04 Å². The van der Waals surface area contributed by atoms with Gasteiger partial charge in [0.1, 0.15) is 11.6 Å². The van der Waals surface area contributed by atoms with Crippen LogP contribution in [0.25, 0.3) is 0 Å². The maximum atomic E-state index is 12.8. The van der Waals surface area contributed by atoms with Gasteiger partial charge in [0.25, 0.3) is 0 Å². The first-order valence-electron chi connectivity index (χ1n) is 7.07. The molecule has 0 atom stereocenters. The Labute approximate surface area is 119 Å². The smallest absolute Gasteiger partial charge is 0.138 e. The standard InChI is InChI=1S/C15H21ClFNO/c16-14-11-12(17)7-8-15(14)19-10-4-9-18-13-5-2-1-3-6-13/h7-8,11,13,18H,1-6,9-10H2. The van der Waals surface area contributed by atoms with Crippen molar-refractivity contribution in [2.45, 2.75) is 44.6 Å². The van der Waals surface area contributed by atoms with E-state index in [4.69, 9.17) is 16.3 Å². The zero-order valence-electron chi connectivity index (χ0n) is 11.1. The average molecular weight is 286 g/mol. The average Bonchev–Trinajstić information content (AvgIpc) is 2.42. The molecule has 0 saturated heterocycles. The van der Waals surface area contributed by atoms with Gasteiger partial charge in [0.15, 0.2) is 0 Å². The van der Waals surface area contributed by atoms with E-state index < -0.39 is 0 Å². The Morgan fingerprint density at radius 1 is 1.26 bits per heavy atom. The quantitative estimate of drug-likeness (QED) is 0.792. The van der Waals surface area contributed by atoms with Crippen molar-refractivity contribution in [1.29, 1.82) is 0 Å². The third kappa shape index (κ3) is 5.00. The van der Waals surface area contributed by atoms with Gasteiger partial charge in [0.2, 0.25) is 0 Å². The van der Waals surface area contributed by atoms with Gasteiger partial charge in [-0.05, 0) is 44.0 Å². The molecule has 1 saturated carbocycles. The monoisotopic (exact) mass is 285 g/mol. The Morgan fingerprint density at radius 2 is 2.05 bits per heavy atom. The molecule has 0 unspecified atom stereocenters. The molecule has 4 heteroatoms. The third-order valence-corrected chi connectivity index (χ3v) is 3.81. The zero-order valence-corrected chi connectivity index (χ0v) is 11.9. The lowest BCUT2D eigenvalue weighted by Crippen LogP contribution is -2.32. The van der Waals surface area contributed by atoms with Crippen LogP contribution in [0.4, 0.5) is 4.39 Å². The highest BCUT2D eigenvalue weighted by Gasteiger charge is 2.11. The van der Waals surface area contributed by atoms with Crippen LogP contribution in [0.1, 0.15) is 38.5 Å². The number of rotatable bonds is 6. The van der Waals surface area contributed by atoms with Crippen LogP contribution in [0.2, 0.25) is 5.02 Å². The van der Waals surface area contributed by atoms with Crippen LogP contribution in [0.5, 0.6) is 5.75 Å². The van der Waals surface area contributed by atoms with Crippen LogP contribution in [-0.2, 0) is 0 Å². The van der Waals surface area contributed by atoms with Crippen molar-refractivity contribution in [1.82, 2.24) is 5.32 Å². The Balaban J connectivity index is 1.61. The minimum Gasteiger partial charge on any atom is -0.492 e. The van der Waals surface area contributed by atoms with E-state index in [1.807, 2.05) is 0 Å². The molecule has 1 aromatic carbocycles. The minimum absolute atomic E-state index is 0.334. The fourth-order valence-corrected chi connectivity index (χ4v) is 2.68. The molecule has 0 aliphatic heterocycles. The molecule has 1 N–H and O–H groups in total. The molecule has 106 valence electrons. The number of nitrogens with one attached hydrogen (secondary N) is 1. The van der Waals surface area contributed by atoms with Gasteiger partial charge in [-0.1, -0.05) is 30.9 Å². The van der Waals surface area contributed by atoms with Crippen molar-refractivity contribution >= 4 is 11.6 Å². The maximum absolute atomic E-state index is 12.8. The number of halogens is 2. The molecule has 1 aromatic rings. The molecule has 2 rings (SSSR count). The van der Waals surface area contributed by atoms with E-state index in [2.05, 4.69) is 5.32 Å². The molecule has 0 spiro atoms. The lowest BCUT2D eigenvalue weighted by Gasteiger charge is -2.22. The summed E-state index contributed by atoms with van der Waals surface area (Å²) in [6, 6.07) is 4.90. The fraction of sp³-hybridized carbons (Fsp3) is 0.600. The van der Waals surface area contributed by atoms with E-state index in [9.17, 15) is 4.39 Å². The minimum atomic E-state index is -0.337. The van der Waals surface area contributed by atoms with Crippen LogP contribution in [0.15, 0.2) is 18.2 Å². The molecule has 0 aromatic heterocycles. The molecule has 1 aliphatic rings. The van der Waals surface area contributed by atoms with Crippen molar-refractivity contribution in [2.24, 2.45) is 0 Å². The molecule has 1 aliphatic carbocycles. The summed E-state index contributed by atoms with van der Waals surface area (Å²) >= 11 is 5.88. The van der Waals surface area contributed by atoms with Gasteiger partial charge in [-0.25, -0.2) is 4.39 Å². The fourth-order valence-electron chi connectivity index (χ4n) is 2.46. The Bertz CT molecular complexity index is 394. The second kappa shape index (κ2) is 7.71. The summed E-state index contributed by atoms with van der Waals surface area (Å²) in [6.45, 7) is 1.56. The Morgan fingerprint density at radius 3 is 2.79 bits per heavy atom. The van der Waals surface area contributed by atoms with E-state index >= 15 is 0 Å². The molecule has 0 bridgehead atoms. The van der Waals surface area contributed by atoms with Gasteiger partial charge in [0.05, 0.1) is 11.6 Å². The van der Waals surface area contributed by atoms with E-state index in [1.54, 1.807) is 6.07 Å². The van der Waals surface area contributed by atoms with Crippen molar-refractivity contribution in [3.63, 3.8) is 0 Å².